The highest BCUT2D eigenvalue weighted by Crippen LogP contribution is 2.45. The number of rotatable bonds is 1. The first-order chi connectivity index (χ1) is 13.2. The minimum Gasteiger partial charge on any atom is -0.393 e. The first kappa shape index (κ1) is 19.6. The van der Waals surface area contributed by atoms with E-state index in [0.717, 1.165) is 75.1 Å². The van der Waals surface area contributed by atoms with Crippen molar-refractivity contribution in [2.45, 2.75) is 89.1 Å². The minimum atomic E-state index is -0.327. The van der Waals surface area contributed by atoms with Gasteiger partial charge in [0.15, 0.2) is 0 Å². The Kier molecular flexibility index (Phi) is 4.89. The molecule has 2 aliphatic carbocycles. The van der Waals surface area contributed by atoms with E-state index in [1.54, 1.807) is 0 Å². The number of aromatic nitrogens is 2. The molecule has 2 N–H and O–H groups in total. The zero-order valence-corrected chi connectivity index (χ0v) is 17.4. The fraction of sp³-hybridized carbons (Fsp3) is 0.773. The average molecular weight is 388 g/mol. The van der Waals surface area contributed by atoms with Crippen LogP contribution in [0.15, 0.2) is 4.79 Å². The number of carbonyl (C=O) groups excluding carboxylic acids is 1. The van der Waals surface area contributed by atoms with Gasteiger partial charge in [-0.1, -0.05) is 27.2 Å². The first-order valence-corrected chi connectivity index (χ1v) is 10.8. The molecular formula is C22H33N3O3. The van der Waals surface area contributed by atoms with Gasteiger partial charge in [0, 0.05) is 35.4 Å². The van der Waals surface area contributed by atoms with Gasteiger partial charge in [-0.25, -0.2) is 4.98 Å². The molecule has 1 saturated carbocycles. The number of likely N-dealkylation sites (tertiary alicyclic amines) is 1. The minimum absolute atomic E-state index is 0.0153. The maximum Gasteiger partial charge on any atom is 0.254 e. The van der Waals surface area contributed by atoms with Gasteiger partial charge >= 0.3 is 0 Å². The van der Waals surface area contributed by atoms with Crippen molar-refractivity contribution >= 4 is 5.91 Å². The second-order valence-corrected chi connectivity index (χ2v) is 10.1. The van der Waals surface area contributed by atoms with Crippen LogP contribution in [0.5, 0.6) is 0 Å². The summed E-state index contributed by atoms with van der Waals surface area (Å²) in [5, 5.41) is 9.91. The topological polar surface area (TPSA) is 86.3 Å². The lowest BCUT2D eigenvalue weighted by atomic mass is 9.75. The molecule has 1 aromatic rings. The van der Waals surface area contributed by atoms with Crippen LogP contribution in [0, 0.1) is 5.92 Å². The van der Waals surface area contributed by atoms with Gasteiger partial charge in [0.05, 0.1) is 11.8 Å². The Morgan fingerprint density at radius 1 is 1.21 bits per heavy atom. The Balaban J connectivity index is 1.52. The Morgan fingerprint density at radius 2 is 1.93 bits per heavy atom. The summed E-state index contributed by atoms with van der Waals surface area (Å²) >= 11 is 0. The standard InChI is InChI=1S/C22H33N3O3/c1-21(2,3)20-23-17-16(18(27)24-20)7-8-22(17)9-11-25(12-10-22)19(28)14-5-4-6-15(26)13-14/h14-15,26H,4-13H2,1-3H3,(H,23,24,27)/t14-,15-/m0/s1. The number of amides is 1. The highest BCUT2D eigenvalue weighted by molar-refractivity contribution is 5.79. The van der Waals surface area contributed by atoms with Crippen molar-refractivity contribution in [3.63, 3.8) is 0 Å². The number of hydrogen-bond acceptors (Lipinski definition) is 4. The lowest BCUT2D eigenvalue weighted by Crippen LogP contribution is -2.47. The number of piperidine rings is 1. The first-order valence-electron chi connectivity index (χ1n) is 10.8. The van der Waals surface area contributed by atoms with E-state index in [2.05, 4.69) is 25.8 Å². The van der Waals surface area contributed by atoms with E-state index < -0.39 is 0 Å². The molecule has 1 saturated heterocycles. The summed E-state index contributed by atoms with van der Waals surface area (Å²) in [5.41, 5.74) is 1.59. The molecule has 2 fully saturated rings. The SMILES string of the molecule is CC(C)(C)c1nc2c(c(=O)[nH]1)CCC21CCN(C(=O)[C@H]2CCC[C@H](O)C2)CC1. The van der Waals surface area contributed by atoms with Crippen molar-refractivity contribution in [1.82, 2.24) is 14.9 Å². The number of aliphatic hydroxyl groups is 1. The largest absolute Gasteiger partial charge is 0.393 e. The number of nitrogens with one attached hydrogen (secondary N) is 1. The van der Waals surface area contributed by atoms with Gasteiger partial charge in [-0.2, -0.15) is 0 Å². The summed E-state index contributed by atoms with van der Waals surface area (Å²) in [6.45, 7) is 7.66. The monoisotopic (exact) mass is 387 g/mol. The summed E-state index contributed by atoms with van der Waals surface area (Å²) < 4.78 is 0. The predicted molar refractivity (Wildman–Crippen MR) is 107 cm³/mol. The summed E-state index contributed by atoms with van der Waals surface area (Å²) in [4.78, 5) is 35.5. The molecule has 28 heavy (non-hydrogen) atoms. The molecule has 3 aliphatic rings. The van der Waals surface area contributed by atoms with E-state index in [4.69, 9.17) is 4.98 Å². The number of fused-ring (bicyclic) bond motifs is 2. The fourth-order valence-corrected chi connectivity index (χ4v) is 5.29. The molecule has 154 valence electrons. The van der Waals surface area contributed by atoms with Crippen molar-refractivity contribution in [3.8, 4) is 0 Å². The smallest absolute Gasteiger partial charge is 0.254 e. The number of carbonyl (C=O) groups is 1. The second-order valence-electron chi connectivity index (χ2n) is 10.1. The van der Waals surface area contributed by atoms with Gasteiger partial charge in [0.25, 0.3) is 5.56 Å². The fourth-order valence-electron chi connectivity index (χ4n) is 5.29. The third-order valence-corrected chi connectivity index (χ3v) is 7.11. The molecule has 6 heteroatoms. The number of H-pyrrole nitrogens is 1. The van der Waals surface area contributed by atoms with Crippen molar-refractivity contribution in [2.75, 3.05) is 13.1 Å². The van der Waals surface area contributed by atoms with Crippen LogP contribution in [-0.4, -0.2) is 45.1 Å². The van der Waals surface area contributed by atoms with Gasteiger partial charge in [0.2, 0.25) is 5.91 Å². The quantitative estimate of drug-likeness (QED) is 0.775. The van der Waals surface area contributed by atoms with Crippen LogP contribution in [0.3, 0.4) is 0 Å². The number of aromatic amines is 1. The lowest BCUT2D eigenvalue weighted by molar-refractivity contribution is -0.139. The van der Waals surface area contributed by atoms with Gasteiger partial charge < -0.3 is 15.0 Å². The zero-order valence-electron chi connectivity index (χ0n) is 17.4. The van der Waals surface area contributed by atoms with Crippen LogP contribution >= 0.6 is 0 Å². The Morgan fingerprint density at radius 3 is 2.57 bits per heavy atom. The van der Waals surface area contributed by atoms with Crippen LogP contribution in [-0.2, 0) is 22.0 Å². The van der Waals surface area contributed by atoms with E-state index in [1.807, 2.05) is 4.90 Å². The number of nitrogens with zero attached hydrogens (tertiary/aromatic N) is 2. The van der Waals surface area contributed by atoms with Crippen molar-refractivity contribution in [2.24, 2.45) is 5.92 Å². The van der Waals surface area contributed by atoms with Gasteiger partial charge in [-0.05, 0) is 44.9 Å². The van der Waals surface area contributed by atoms with E-state index in [1.165, 1.54) is 0 Å². The van der Waals surface area contributed by atoms with Crippen molar-refractivity contribution in [3.05, 3.63) is 27.4 Å². The normalized spacial score (nSPS) is 27.1. The molecule has 1 amide bonds. The summed E-state index contributed by atoms with van der Waals surface area (Å²) in [7, 11) is 0. The van der Waals surface area contributed by atoms with Crippen LogP contribution < -0.4 is 5.56 Å². The van der Waals surface area contributed by atoms with E-state index in [0.29, 0.717) is 6.42 Å². The van der Waals surface area contributed by atoms with Gasteiger partial charge in [0.1, 0.15) is 5.82 Å². The highest BCUT2D eigenvalue weighted by Gasteiger charge is 2.45. The molecule has 6 nitrogen and oxygen atoms in total. The molecule has 0 unspecified atom stereocenters. The van der Waals surface area contributed by atoms with Gasteiger partial charge in [-0.3, -0.25) is 9.59 Å². The van der Waals surface area contributed by atoms with Crippen LogP contribution in [0.1, 0.15) is 82.8 Å². The predicted octanol–water partition coefficient (Wildman–Crippen LogP) is 2.42. The van der Waals surface area contributed by atoms with Crippen molar-refractivity contribution in [1.29, 1.82) is 0 Å². The average Bonchev–Trinajstić information content (AvgIpc) is 3.00. The molecule has 0 radical (unpaired) electrons. The number of hydrogen-bond donors (Lipinski definition) is 2. The summed E-state index contributed by atoms with van der Waals surface area (Å²) in [6.07, 6.45) is 6.42. The Bertz CT molecular complexity index is 815. The molecule has 0 aromatic carbocycles. The van der Waals surface area contributed by atoms with Crippen LogP contribution in [0.25, 0.3) is 0 Å². The number of aliphatic hydroxyl groups excluding tert-OH is 1. The lowest BCUT2D eigenvalue weighted by Gasteiger charge is -2.41. The Labute approximate surface area is 166 Å². The Hall–Kier alpha value is -1.69. The highest BCUT2D eigenvalue weighted by atomic mass is 16.3. The summed E-state index contributed by atoms with van der Waals surface area (Å²) in [5.74, 6) is 0.940. The molecule has 1 aliphatic heterocycles. The van der Waals surface area contributed by atoms with Crippen molar-refractivity contribution < 1.29 is 9.90 Å². The third-order valence-electron chi connectivity index (χ3n) is 7.11. The van der Waals surface area contributed by atoms with Crippen LogP contribution in [0.4, 0.5) is 0 Å². The maximum atomic E-state index is 12.9. The zero-order chi connectivity index (χ0) is 20.1. The maximum absolute atomic E-state index is 12.9. The van der Waals surface area contributed by atoms with E-state index in [-0.39, 0.29) is 34.3 Å². The molecule has 2 heterocycles. The van der Waals surface area contributed by atoms with E-state index >= 15 is 0 Å². The molecule has 1 aromatic heterocycles. The molecule has 0 bridgehead atoms. The second kappa shape index (κ2) is 6.97. The third kappa shape index (κ3) is 3.40. The van der Waals surface area contributed by atoms with Crippen LogP contribution in [0.2, 0.25) is 0 Å². The molecule has 2 atom stereocenters. The molecule has 4 rings (SSSR count). The molecule has 1 spiro atoms. The molecular weight excluding hydrogens is 354 g/mol. The van der Waals surface area contributed by atoms with E-state index in [9.17, 15) is 14.7 Å². The van der Waals surface area contributed by atoms with Gasteiger partial charge in [-0.15, -0.1) is 0 Å². The summed E-state index contributed by atoms with van der Waals surface area (Å²) in [6, 6.07) is 0.